The van der Waals surface area contributed by atoms with Crippen LogP contribution in [0, 0.1) is 29.1 Å². The van der Waals surface area contributed by atoms with Crippen molar-refractivity contribution < 1.29 is 40.3 Å². The Bertz CT molecular complexity index is 694. The van der Waals surface area contributed by atoms with E-state index in [-0.39, 0.29) is 6.61 Å². The maximum Gasteiger partial charge on any atom is 0.330 e. The Balaban J connectivity index is 2.06. The number of ether oxygens (including phenoxy) is 1. The molecule has 0 bridgehead atoms. The summed E-state index contributed by atoms with van der Waals surface area (Å²) in [6.07, 6.45) is 9.56. The fraction of sp³-hybridized carbons (Fsp3) is 0.727. The Morgan fingerprint density at radius 1 is 0.594 bits per heavy atom. The second-order valence-electron chi connectivity index (χ2n) is 7.45. The largest absolute Gasteiger partial charge is 0.487 e. The van der Waals surface area contributed by atoms with Gasteiger partial charge in [-0.1, -0.05) is 51.4 Å². The summed E-state index contributed by atoms with van der Waals surface area (Å²) in [5, 5.41) is 0. The average Bonchev–Trinajstić information content (AvgIpc) is 2.76. The zero-order valence-corrected chi connectivity index (χ0v) is 19.8. The second-order valence-corrected chi connectivity index (χ2v) is 9.64. The summed E-state index contributed by atoms with van der Waals surface area (Å²) in [4.78, 5) is 0. The zero-order chi connectivity index (χ0) is 24.0. The zero-order valence-electron chi connectivity index (χ0n) is 18.9. The normalized spacial score (nSPS) is 11.8. The predicted octanol–water partition coefficient (Wildman–Crippen LogP) is 7.93. The van der Waals surface area contributed by atoms with E-state index in [0.717, 1.165) is 57.8 Å². The lowest BCUT2D eigenvalue weighted by Gasteiger charge is -2.16. The first-order valence-electron chi connectivity index (χ1n) is 11.3. The van der Waals surface area contributed by atoms with Crippen molar-refractivity contribution in [2.45, 2.75) is 78.1 Å². The molecule has 1 aromatic carbocycles. The topological polar surface area (TPSA) is 44.8 Å². The van der Waals surface area contributed by atoms with Crippen molar-refractivity contribution in [1.82, 2.24) is 0 Å². The minimum absolute atomic E-state index is 0.119. The molecule has 186 valence electrons. The molecule has 0 aromatic heterocycles. The van der Waals surface area contributed by atoms with E-state index in [1.54, 1.807) is 13.8 Å². The van der Waals surface area contributed by atoms with E-state index in [1.807, 2.05) is 0 Å². The monoisotopic (exact) mass is 488 g/mol. The van der Waals surface area contributed by atoms with Crippen LogP contribution in [0.25, 0.3) is 0 Å². The van der Waals surface area contributed by atoms with Gasteiger partial charge in [0.05, 0.1) is 26.0 Å². The van der Waals surface area contributed by atoms with Gasteiger partial charge in [0.25, 0.3) is 0 Å². The Morgan fingerprint density at radius 3 is 1.41 bits per heavy atom. The first kappa shape index (κ1) is 28.9. The lowest BCUT2D eigenvalue weighted by atomic mass is 10.1. The third-order valence-electron chi connectivity index (χ3n) is 4.89. The molecule has 32 heavy (non-hydrogen) atoms. The van der Waals surface area contributed by atoms with Crippen LogP contribution in [-0.2, 0) is 13.6 Å². The highest BCUT2D eigenvalue weighted by molar-refractivity contribution is 7.53. The molecule has 0 radical (unpaired) electrons. The molecule has 0 fully saturated rings. The van der Waals surface area contributed by atoms with Crippen molar-refractivity contribution in [1.29, 1.82) is 0 Å². The van der Waals surface area contributed by atoms with Crippen LogP contribution in [0.1, 0.15) is 78.1 Å². The molecule has 0 atom stereocenters. The van der Waals surface area contributed by atoms with Crippen LogP contribution in [0.15, 0.2) is 0 Å². The minimum atomic E-state index is -2.94. The number of unbranched alkanes of at least 4 members (excludes halogenated alkanes) is 9. The van der Waals surface area contributed by atoms with Crippen LogP contribution in [-0.4, -0.2) is 26.0 Å². The van der Waals surface area contributed by atoms with Crippen LogP contribution in [0.2, 0.25) is 0 Å². The van der Waals surface area contributed by atoms with Gasteiger partial charge in [0, 0.05) is 0 Å². The van der Waals surface area contributed by atoms with Crippen LogP contribution < -0.4 is 4.74 Å². The third-order valence-corrected chi connectivity index (χ3v) is 7.06. The fourth-order valence-electron chi connectivity index (χ4n) is 3.27. The van der Waals surface area contributed by atoms with E-state index < -0.39 is 42.4 Å². The molecular formula is C22H34F5O4P. The molecule has 1 rings (SSSR count). The van der Waals surface area contributed by atoms with E-state index in [0.29, 0.717) is 25.8 Å². The Hall–Kier alpha value is -1.18. The quantitative estimate of drug-likeness (QED) is 0.0692. The van der Waals surface area contributed by atoms with Gasteiger partial charge in [0.15, 0.2) is 5.75 Å². The molecule has 10 heteroatoms. The molecule has 0 N–H and O–H groups in total. The second kappa shape index (κ2) is 15.6. The van der Waals surface area contributed by atoms with Crippen molar-refractivity contribution in [2.75, 3.05) is 26.0 Å². The predicted molar refractivity (Wildman–Crippen MR) is 114 cm³/mol. The highest BCUT2D eigenvalue weighted by atomic mass is 31.2. The van der Waals surface area contributed by atoms with E-state index >= 15 is 0 Å². The van der Waals surface area contributed by atoms with Gasteiger partial charge in [-0.15, -0.1) is 0 Å². The van der Waals surface area contributed by atoms with Crippen molar-refractivity contribution >= 4 is 7.60 Å². The van der Waals surface area contributed by atoms with Gasteiger partial charge < -0.3 is 13.8 Å². The Morgan fingerprint density at radius 2 is 0.969 bits per heavy atom. The molecular weight excluding hydrogens is 454 g/mol. The van der Waals surface area contributed by atoms with E-state index in [2.05, 4.69) is 0 Å². The summed E-state index contributed by atoms with van der Waals surface area (Å²) >= 11 is 0. The van der Waals surface area contributed by atoms with Crippen LogP contribution in [0.3, 0.4) is 0 Å². The fourth-order valence-corrected chi connectivity index (χ4v) is 5.00. The van der Waals surface area contributed by atoms with Crippen molar-refractivity contribution in [3.8, 4) is 5.75 Å². The van der Waals surface area contributed by atoms with Crippen molar-refractivity contribution in [3.63, 3.8) is 0 Å². The summed E-state index contributed by atoms with van der Waals surface area (Å²) in [6, 6.07) is 0. The van der Waals surface area contributed by atoms with Gasteiger partial charge in [-0.2, -0.15) is 8.78 Å². The maximum absolute atomic E-state index is 13.5. The lowest BCUT2D eigenvalue weighted by Crippen LogP contribution is -2.08. The number of benzene rings is 1. The van der Waals surface area contributed by atoms with Crippen molar-refractivity contribution in [2.24, 2.45) is 0 Å². The lowest BCUT2D eigenvalue weighted by molar-refractivity contribution is 0.219. The summed E-state index contributed by atoms with van der Waals surface area (Å²) < 4.78 is 93.8. The summed E-state index contributed by atoms with van der Waals surface area (Å²) in [7, 11) is -2.94. The van der Waals surface area contributed by atoms with Crippen LogP contribution in [0.4, 0.5) is 22.0 Å². The number of halogens is 5. The molecule has 0 aliphatic rings. The van der Waals surface area contributed by atoms with Crippen LogP contribution >= 0.6 is 7.60 Å². The van der Waals surface area contributed by atoms with Gasteiger partial charge in [-0.25, -0.2) is 13.2 Å². The van der Waals surface area contributed by atoms with E-state index in [9.17, 15) is 26.5 Å². The SMILES string of the molecule is CCOP(=O)(CCCCCCCCCCCCOc1c(F)c(F)c(F)c(F)c1F)OCC. The van der Waals surface area contributed by atoms with E-state index in [4.69, 9.17) is 13.8 Å². The first-order chi connectivity index (χ1) is 15.3. The molecule has 4 nitrogen and oxygen atoms in total. The number of rotatable bonds is 18. The molecule has 0 amide bonds. The Kier molecular flexibility index (Phi) is 14.1. The average molecular weight is 488 g/mol. The smallest absolute Gasteiger partial charge is 0.330 e. The molecule has 0 saturated carbocycles. The van der Waals surface area contributed by atoms with Gasteiger partial charge in [0.1, 0.15) is 0 Å². The molecule has 1 aromatic rings. The summed E-state index contributed by atoms with van der Waals surface area (Å²) in [5.41, 5.74) is 0. The minimum Gasteiger partial charge on any atom is -0.487 e. The number of hydrogen-bond acceptors (Lipinski definition) is 4. The van der Waals surface area contributed by atoms with Gasteiger partial charge in [-0.05, 0) is 26.7 Å². The molecule has 0 saturated heterocycles. The molecule has 0 aliphatic carbocycles. The van der Waals surface area contributed by atoms with Crippen LogP contribution in [0.5, 0.6) is 5.75 Å². The van der Waals surface area contributed by atoms with Crippen molar-refractivity contribution in [3.05, 3.63) is 29.1 Å². The Labute approximate surface area is 187 Å². The third kappa shape index (κ3) is 9.75. The standard InChI is InChI=1S/C22H34F5O4P/c1-3-30-32(28,31-4-2)16-14-12-10-8-6-5-7-9-11-13-15-29-22-20(26)18(24)17(23)19(25)21(22)27/h3-16H2,1-2H3. The first-order valence-corrected chi connectivity index (χ1v) is 13.0. The molecule has 0 unspecified atom stereocenters. The highest BCUT2D eigenvalue weighted by Crippen LogP contribution is 2.48. The molecule has 0 heterocycles. The van der Waals surface area contributed by atoms with Gasteiger partial charge in [-0.3, -0.25) is 4.57 Å². The maximum atomic E-state index is 13.5. The van der Waals surface area contributed by atoms with Gasteiger partial charge >= 0.3 is 7.60 Å². The van der Waals surface area contributed by atoms with Gasteiger partial charge in [0.2, 0.25) is 29.1 Å². The highest BCUT2D eigenvalue weighted by Gasteiger charge is 2.27. The molecule has 0 spiro atoms. The molecule has 0 aliphatic heterocycles. The summed E-state index contributed by atoms with van der Waals surface area (Å²) in [5.74, 6) is -11.3. The number of hydrogen-bond donors (Lipinski definition) is 0. The summed E-state index contributed by atoms with van der Waals surface area (Å²) in [6.45, 7) is 4.23. The van der Waals surface area contributed by atoms with E-state index in [1.165, 1.54) is 0 Å².